The highest BCUT2D eigenvalue weighted by Gasteiger charge is 2.57. The Morgan fingerprint density at radius 2 is 2.00 bits per heavy atom. The lowest BCUT2D eigenvalue weighted by atomic mass is 10.0. The Kier molecular flexibility index (Phi) is 2.65. The summed E-state index contributed by atoms with van der Waals surface area (Å²) >= 11 is 0. The van der Waals surface area contributed by atoms with Crippen LogP contribution in [0.3, 0.4) is 0 Å². The third kappa shape index (κ3) is 1.83. The molecular weight excluding hydrogens is 242 g/mol. The molecule has 6 atom stereocenters. The van der Waals surface area contributed by atoms with Crippen LogP contribution in [0.4, 0.5) is 0 Å². The van der Waals surface area contributed by atoms with Gasteiger partial charge in [0.15, 0.2) is 12.1 Å². The molecule has 3 N–H and O–H groups in total. The van der Waals surface area contributed by atoms with Crippen LogP contribution in [0.5, 0.6) is 0 Å². The van der Waals surface area contributed by atoms with Crippen molar-refractivity contribution in [2.75, 3.05) is 0 Å². The van der Waals surface area contributed by atoms with Gasteiger partial charge in [0, 0.05) is 0 Å². The molecule has 7 heteroatoms. The van der Waals surface area contributed by atoms with Gasteiger partial charge in [0.05, 0.1) is 18.6 Å². The smallest absolute Gasteiger partial charge is 0.223 e. The number of fused-ring (bicyclic) bond motifs is 1. The zero-order chi connectivity index (χ0) is 13.1. The Morgan fingerprint density at radius 3 is 2.56 bits per heavy atom. The number of nitrogens with one attached hydrogen (secondary N) is 1. The topological polar surface area (TPSA) is 97.3 Å². The molecule has 0 aromatic carbocycles. The average Bonchev–Trinajstić information content (AvgIpc) is 2.81. The molecule has 3 aliphatic rings. The molecule has 3 rings (SSSR count). The fourth-order valence-electron chi connectivity index (χ4n) is 2.77. The van der Waals surface area contributed by atoms with Crippen LogP contribution in [0.1, 0.15) is 20.3 Å². The SMILES string of the molecule is CC1(C)OC2OC(C3NC(=O)CC3O)C(O)C2O1. The highest BCUT2D eigenvalue weighted by molar-refractivity contribution is 5.79. The van der Waals surface area contributed by atoms with Gasteiger partial charge in [-0.2, -0.15) is 0 Å². The minimum Gasteiger partial charge on any atom is -0.390 e. The third-order valence-electron chi connectivity index (χ3n) is 3.54. The molecule has 3 aliphatic heterocycles. The minimum atomic E-state index is -0.935. The molecular formula is C11H17NO6. The molecule has 102 valence electrons. The normalized spacial score (nSPS) is 50.3. The Balaban J connectivity index is 1.73. The van der Waals surface area contributed by atoms with Gasteiger partial charge in [0.1, 0.15) is 18.3 Å². The first kappa shape index (κ1) is 12.3. The number of hydrogen-bond acceptors (Lipinski definition) is 6. The number of hydrogen-bond donors (Lipinski definition) is 3. The van der Waals surface area contributed by atoms with E-state index in [1.54, 1.807) is 13.8 Å². The lowest BCUT2D eigenvalue weighted by Gasteiger charge is -2.27. The van der Waals surface area contributed by atoms with Crippen LogP contribution < -0.4 is 5.32 Å². The van der Waals surface area contributed by atoms with Crippen molar-refractivity contribution in [1.29, 1.82) is 0 Å². The van der Waals surface area contributed by atoms with E-state index in [9.17, 15) is 15.0 Å². The number of carbonyl (C=O) groups excluding carboxylic acids is 1. The van der Waals surface area contributed by atoms with E-state index in [4.69, 9.17) is 14.2 Å². The van der Waals surface area contributed by atoms with Crippen molar-refractivity contribution >= 4 is 5.91 Å². The van der Waals surface area contributed by atoms with Gasteiger partial charge in [0.25, 0.3) is 0 Å². The Labute approximate surface area is 104 Å². The monoisotopic (exact) mass is 259 g/mol. The van der Waals surface area contributed by atoms with Gasteiger partial charge < -0.3 is 29.7 Å². The molecule has 18 heavy (non-hydrogen) atoms. The Bertz CT molecular complexity index is 373. The van der Waals surface area contributed by atoms with E-state index < -0.39 is 42.5 Å². The predicted molar refractivity (Wildman–Crippen MR) is 57.3 cm³/mol. The van der Waals surface area contributed by atoms with Crippen molar-refractivity contribution in [2.45, 2.75) is 62.8 Å². The van der Waals surface area contributed by atoms with Crippen LogP contribution in [-0.4, -0.2) is 58.7 Å². The summed E-state index contributed by atoms with van der Waals surface area (Å²) in [4.78, 5) is 11.2. The fourth-order valence-corrected chi connectivity index (χ4v) is 2.77. The van der Waals surface area contributed by atoms with Gasteiger partial charge in [-0.25, -0.2) is 0 Å². The maximum atomic E-state index is 11.2. The summed E-state index contributed by atoms with van der Waals surface area (Å²) in [5.41, 5.74) is 0. The molecule has 0 bridgehead atoms. The second kappa shape index (κ2) is 3.88. The van der Waals surface area contributed by atoms with Crippen molar-refractivity contribution < 1.29 is 29.2 Å². The van der Waals surface area contributed by atoms with Crippen molar-refractivity contribution in [3.63, 3.8) is 0 Å². The van der Waals surface area contributed by atoms with Crippen LogP contribution in [0.2, 0.25) is 0 Å². The molecule has 0 aliphatic carbocycles. The van der Waals surface area contributed by atoms with E-state index in [1.807, 2.05) is 0 Å². The van der Waals surface area contributed by atoms with Gasteiger partial charge >= 0.3 is 0 Å². The molecule has 0 radical (unpaired) electrons. The van der Waals surface area contributed by atoms with Crippen LogP contribution >= 0.6 is 0 Å². The Hall–Kier alpha value is -0.730. The molecule has 1 amide bonds. The van der Waals surface area contributed by atoms with Gasteiger partial charge in [0.2, 0.25) is 5.91 Å². The first-order valence-electron chi connectivity index (χ1n) is 6.04. The van der Waals surface area contributed by atoms with E-state index >= 15 is 0 Å². The zero-order valence-corrected chi connectivity index (χ0v) is 10.2. The van der Waals surface area contributed by atoms with E-state index in [0.717, 1.165) is 0 Å². The standard InChI is InChI=1S/C11H17NO6/c1-11(2)17-9-7(15)8(16-10(9)18-11)6-4(13)3-5(14)12-6/h4,6-10,13,15H,3H2,1-2H3,(H,12,14). The van der Waals surface area contributed by atoms with E-state index in [0.29, 0.717) is 0 Å². The van der Waals surface area contributed by atoms with Crippen molar-refractivity contribution in [2.24, 2.45) is 0 Å². The number of aliphatic hydroxyl groups excluding tert-OH is 2. The number of aliphatic hydroxyl groups is 2. The number of rotatable bonds is 1. The van der Waals surface area contributed by atoms with Crippen molar-refractivity contribution in [3.8, 4) is 0 Å². The number of amides is 1. The van der Waals surface area contributed by atoms with Crippen LogP contribution in [-0.2, 0) is 19.0 Å². The first-order valence-corrected chi connectivity index (χ1v) is 6.04. The van der Waals surface area contributed by atoms with E-state index in [2.05, 4.69) is 5.32 Å². The minimum absolute atomic E-state index is 0.0276. The summed E-state index contributed by atoms with van der Waals surface area (Å²) in [6, 6.07) is -0.617. The molecule has 6 unspecified atom stereocenters. The van der Waals surface area contributed by atoms with Crippen LogP contribution in [0.25, 0.3) is 0 Å². The fraction of sp³-hybridized carbons (Fsp3) is 0.909. The number of carbonyl (C=O) groups is 1. The van der Waals surface area contributed by atoms with Gasteiger partial charge in [-0.15, -0.1) is 0 Å². The maximum absolute atomic E-state index is 11.2. The first-order chi connectivity index (χ1) is 8.37. The molecule has 0 aromatic rings. The van der Waals surface area contributed by atoms with Crippen LogP contribution in [0, 0.1) is 0 Å². The number of ether oxygens (including phenoxy) is 3. The summed E-state index contributed by atoms with van der Waals surface area (Å²) < 4.78 is 16.6. The second-order valence-corrected chi connectivity index (χ2v) is 5.42. The van der Waals surface area contributed by atoms with E-state index in [-0.39, 0.29) is 12.3 Å². The van der Waals surface area contributed by atoms with E-state index in [1.165, 1.54) is 0 Å². The Morgan fingerprint density at radius 1 is 1.28 bits per heavy atom. The summed E-state index contributed by atoms with van der Waals surface area (Å²) in [7, 11) is 0. The van der Waals surface area contributed by atoms with Crippen molar-refractivity contribution in [1.82, 2.24) is 5.32 Å². The molecule has 7 nitrogen and oxygen atoms in total. The molecule has 3 saturated heterocycles. The quantitative estimate of drug-likeness (QED) is 0.529. The molecule has 0 aromatic heterocycles. The second-order valence-electron chi connectivity index (χ2n) is 5.42. The highest BCUT2D eigenvalue weighted by Crippen LogP contribution is 2.39. The van der Waals surface area contributed by atoms with Gasteiger partial charge in [-0.1, -0.05) is 0 Å². The molecule has 0 spiro atoms. The predicted octanol–water partition coefficient (Wildman–Crippen LogP) is -1.53. The summed E-state index contributed by atoms with van der Waals surface area (Å²) in [6.45, 7) is 3.48. The zero-order valence-electron chi connectivity index (χ0n) is 10.2. The average molecular weight is 259 g/mol. The highest BCUT2D eigenvalue weighted by atomic mass is 16.8. The third-order valence-corrected chi connectivity index (χ3v) is 3.54. The van der Waals surface area contributed by atoms with Gasteiger partial charge in [-0.05, 0) is 13.8 Å². The lowest BCUT2D eigenvalue weighted by Crippen LogP contribution is -2.49. The summed E-state index contributed by atoms with van der Waals surface area (Å²) in [6.07, 6.45) is -3.73. The maximum Gasteiger partial charge on any atom is 0.223 e. The largest absolute Gasteiger partial charge is 0.390 e. The molecule has 0 saturated carbocycles. The summed E-state index contributed by atoms with van der Waals surface area (Å²) in [5, 5.41) is 22.5. The lowest BCUT2D eigenvalue weighted by molar-refractivity contribution is -0.219. The molecule has 3 heterocycles. The summed E-state index contributed by atoms with van der Waals surface area (Å²) in [5.74, 6) is -1.04. The molecule has 3 fully saturated rings. The van der Waals surface area contributed by atoms with Crippen LogP contribution in [0.15, 0.2) is 0 Å². The van der Waals surface area contributed by atoms with Crippen molar-refractivity contribution in [3.05, 3.63) is 0 Å². The van der Waals surface area contributed by atoms with Gasteiger partial charge in [-0.3, -0.25) is 4.79 Å².